The van der Waals surface area contributed by atoms with Crippen molar-refractivity contribution >= 4 is 29.4 Å². The Morgan fingerprint density at radius 2 is 1.98 bits per heavy atom. The van der Waals surface area contributed by atoms with E-state index in [1.165, 1.54) is 6.26 Å². The number of rotatable bonds is 5. The van der Waals surface area contributed by atoms with E-state index in [4.69, 9.17) is 14.1 Å². The minimum Gasteiger partial charge on any atom is -0.473 e. The Balaban J connectivity index is 1.37. The van der Waals surface area contributed by atoms with Gasteiger partial charge in [-0.05, 0) is 51.7 Å². The summed E-state index contributed by atoms with van der Waals surface area (Å²) in [6.45, 7) is 15.0. The number of anilines is 2. The summed E-state index contributed by atoms with van der Waals surface area (Å²) < 4.78 is 11.6. The van der Waals surface area contributed by atoms with Gasteiger partial charge < -0.3 is 29.8 Å². The molecule has 0 aliphatic carbocycles. The first-order chi connectivity index (χ1) is 18.6. The van der Waals surface area contributed by atoms with Crippen LogP contribution in [0.25, 0.3) is 0 Å². The number of nitrogens with zero attached hydrogens (tertiary/aromatic N) is 3. The van der Waals surface area contributed by atoms with Gasteiger partial charge in [-0.1, -0.05) is 20.8 Å². The number of ether oxygens (including phenoxy) is 1. The van der Waals surface area contributed by atoms with Crippen LogP contribution in [0.3, 0.4) is 0 Å². The summed E-state index contributed by atoms with van der Waals surface area (Å²) in [4.78, 5) is 46.7. The lowest BCUT2D eigenvalue weighted by Crippen LogP contribution is -2.49. The lowest BCUT2D eigenvalue weighted by Gasteiger charge is -2.36. The molecule has 11 nitrogen and oxygen atoms in total. The highest BCUT2D eigenvalue weighted by molar-refractivity contribution is 6.13. The number of carbonyl (C=O) groups is 3. The molecule has 3 amide bonds. The molecule has 3 aliphatic rings. The molecule has 11 heteroatoms. The smallest absolute Gasteiger partial charge is 0.407 e. The molecule has 2 saturated heterocycles. The molecule has 0 bridgehead atoms. The summed E-state index contributed by atoms with van der Waals surface area (Å²) in [5, 5.41) is 15.8. The third-order valence-electron chi connectivity index (χ3n) is 8.00. The van der Waals surface area contributed by atoms with E-state index >= 15 is 0 Å². The van der Waals surface area contributed by atoms with Gasteiger partial charge in [0.15, 0.2) is 0 Å². The molecule has 0 saturated carbocycles. The van der Waals surface area contributed by atoms with E-state index in [-0.39, 0.29) is 52.4 Å². The number of carboxylic acid groups (broad SMARTS) is 1. The highest BCUT2D eigenvalue weighted by Gasteiger charge is 2.52. The number of pyridine rings is 1. The Kier molecular flexibility index (Phi) is 6.74. The molecule has 5 rings (SSSR count). The third kappa shape index (κ3) is 5.09. The van der Waals surface area contributed by atoms with Crippen molar-refractivity contribution in [2.45, 2.75) is 85.0 Å². The van der Waals surface area contributed by atoms with Crippen molar-refractivity contribution in [3.63, 3.8) is 0 Å². The van der Waals surface area contributed by atoms with E-state index in [0.717, 1.165) is 6.42 Å². The van der Waals surface area contributed by atoms with Crippen LogP contribution in [0.1, 0.15) is 81.4 Å². The maximum absolute atomic E-state index is 13.3. The van der Waals surface area contributed by atoms with E-state index in [0.29, 0.717) is 36.8 Å². The van der Waals surface area contributed by atoms with Gasteiger partial charge in [-0.15, -0.1) is 0 Å². The summed E-state index contributed by atoms with van der Waals surface area (Å²) >= 11 is 0. The average molecular weight is 554 g/mol. The molecule has 3 atom stereocenters. The van der Waals surface area contributed by atoms with Crippen LogP contribution in [0, 0.1) is 11.3 Å². The Morgan fingerprint density at radius 3 is 2.62 bits per heavy atom. The molecule has 40 heavy (non-hydrogen) atoms. The van der Waals surface area contributed by atoms with Crippen molar-refractivity contribution in [1.29, 1.82) is 0 Å². The largest absolute Gasteiger partial charge is 0.473 e. The standard InChI is InChI=1S/C29H39N5O6/c1-15(2)40-26-18(30-24(35)17-14-39-20-11-29(6,7)32-25(36)23(17)20)8-9-22(31-26)33-12-16-10-21(28(3,4)5)34(27(37)38)19(16)13-33/h8-9,14-16,19,21H,10-13H2,1-7H3,(H,30,35)(H,32,36)(H,37,38)/t16-,19+,21?/m0/s1. The van der Waals surface area contributed by atoms with Gasteiger partial charge >= 0.3 is 6.09 Å². The van der Waals surface area contributed by atoms with Crippen molar-refractivity contribution in [3.05, 3.63) is 35.3 Å². The number of hydrogen-bond acceptors (Lipinski definition) is 7. The molecule has 2 aromatic heterocycles. The fourth-order valence-electron chi connectivity index (χ4n) is 6.23. The molecular weight excluding hydrogens is 514 g/mol. The first kappa shape index (κ1) is 27.8. The van der Waals surface area contributed by atoms with Crippen LogP contribution < -0.4 is 20.3 Å². The zero-order valence-corrected chi connectivity index (χ0v) is 24.2. The lowest BCUT2D eigenvalue weighted by molar-refractivity contribution is 0.0879. The van der Waals surface area contributed by atoms with E-state index in [9.17, 15) is 19.5 Å². The van der Waals surface area contributed by atoms with E-state index in [2.05, 4.69) is 36.3 Å². The predicted octanol–water partition coefficient (Wildman–Crippen LogP) is 4.38. The number of hydrogen-bond donors (Lipinski definition) is 3. The van der Waals surface area contributed by atoms with E-state index in [1.54, 1.807) is 17.0 Å². The summed E-state index contributed by atoms with van der Waals surface area (Å²) in [5.74, 6) is 0.755. The van der Waals surface area contributed by atoms with Crippen LogP contribution in [0.2, 0.25) is 0 Å². The SMILES string of the molecule is CC(C)Oc1nc(N2C[C@@H]3CC(C(C)(C)C)N(C(=O)O)[C@@H]3C2)ccc1NC(=O)c1coc2c1C(=O)NC(C)(C)C2. The van der Waals surface area contributed by atoms with Crippen LogP contribution in [0.5, 0.6) is 5.88 Å². The van der Waals surface area contributed by atoms with Gasteiger partial charge in [0.25, 0.3) is 11.8 Å². The van der Waals surface area contributed by atoms with Crippen LogP contribution >= 0.6 is 0 Å². The molecule has 2 fully saturated rings. The maximum atomic E-state index is 13.3. The molecular formula is C29H39N5O6. The highest BCUT2D eigenvalue weighted by atomic mass is 16.5. The second kappa shape index (κ2) is 9.71. The van der Waals surface area contributed by atoms with Gasteiger partial charge in [0.2, 0.25) is 5.88 Å². The first-order valence-electron chi connectivity index (χ1n) is 13.8. The molecule has 5 heterocycles. The van der Waals surface area contributed by atoms with E-state index in [1.807, 2.05) is 27.7 Å². The first-order valence-corrected chi connectivity index (χ1v) is 13.8. The second-order valence-electron chi connectivity index (χ2n) is 13.1. The zero-order valence-electron chi connectivity index (χ0n) is 24.2. The molecule has 0 radical (unpaired) electrons. The number of aromatic nitrogens is 1. The van der Waals surface area contributed by atoms with Gasteiger partial charge in [-0.25, -0.2) is 4.79 Å². The van der Waals surface area contributed by atoms with Crippen molar-refractivity contribution < 1.29 is 28.6 Å². The summed E-state index contributed by atoms with van der Waals surface area (Å²) in [5.41, 5.74) is 0.157. The maximum Gasteiger partial charge on any atom is 0.407 e. The fourth-order valence-corrected chi connectivity index (χ4v) is 6.23. The molecule has 0 spiro atoms. The Morgan fingerprint density at radius 1 is 1.25 bits per heavy atom. The number of likely N-dealkylation sites (tertiary alicyclic amines) is 1. The number of nitrogens with one attached hydrogen (secondary N) is 2. The number of furan rings is 1. The van der Waals surface area contributed by atoms with Crippen molar-refractivity contribution in [2.75, 3.05) is 23.3 Å². The second-order valence-corrected chi connectivity index (χ2v) is 13.1. The highest BCUT2D eigenvalue weighted by Crippen LogP contribution is 2.44. The molecule has 3 aliphatic heterocycles. The van der Waals surface area contributed by atoms with Crippen LogP contribution in [0.4, 0.5) is 16.3 Å². The minimum atomic E-state index is -0.886. The Hall–Kier alpha value is -3.76. The monoisotopic (exact) mass is 553 g/mol. The normalized spacial score (nSPS) is 23.6. The van der Waals surface area contributed by atoms with Gasteiger partial charge in [0.1, 0.15) is 23.5 Å². The molecule has 1 unspecified atom stereocenters. The minimum absolute atomic E-state index is 0.0330. The van der Waals surface area contributed by atoms with Crippen LogP contribution in [-0.2, 0) is 6.42 Å². The van der Waals surface area contributed by atoms with Crippen LogP contribution in [0.15, 0.2) is 22.8 Å². The quantitative estimate of drug-likeness (QED) is 0.496. The lowest BCUT2D eigenvalue weighted by atomic mass is 9.84. The molecule has 2 aromatic rings. The number of amides is 3. The summed E-state index contributed by atoms with van der Waals surface area (Å²) in [7, 11) is 0. The Bertz CT molecular complexity index is 1340. The van der Waals surface area contributed by atoms with Crippen molar-refractivity contribution in [2.24, 2.45) is 11.3 Å². The van der Waals surface area contributed by atoms with E-state index < -0.39 is 17.5 Å². The van der Waals surface area contributed by atoms with Gasteiger partial charge in [0.05, 0.1) is 23.3 Å². The van der Waals surface area contributed by atoms with Gasteiger partial charge in [0, 0.05) is 37.0 Å². The third-order valence-corrected chi connectivity index (χ3v) is 8.00. The molecule has 0 aromatic carbocycles. The van der Waals surface area contributed by atoms with Crippen molar-refractivity contribution in [1.82, 2.24) is 15.2 Å². The predicted molar refractivity (Wildman–Crippen MR) is 149 cm³/mol. The summed E-state index contributed by atoms with van der Waals surface area (Å²) in [6, 6.07) is 3.39. The number of carbonyl (C=O) groups excluding carboxylic acids is 2. The number of fused-ring (bicyclic) bond motifs is 2. The molecule has 3 N–H and O–H groups in total. The Labute approximate surface area is 234 Å². The zero-order chi connectivity index (χ0) is 29.1. The van der Waals surface area contributed by atoms with Gasteiger partial charge in [-0.3, -0.25) is 14.5 Å². The fraction of sp³-hybridized carbons (Fsp3) is 0.586. The van der Waals surface area contributed by atoms with Gasteiger partial charge in [-0.2, -0.15) is 4.98 Å². The topological polar surface area (TPSA) is 137 Å². The molecule has 216 valence electrons. The van der Waals surface area contributed by atoms with Crippen molar-refractivity contribution in [3.8, 4) is 5.88 Å². The summed E-state index contributed by atoms with van der Waals surface area (Å²) in [6.07, 6.45) is 1.50. The van der Waals surface area contributed by atoms with Crippen LogP contribution in [-0.4, -0.2) is 69.7 Å². The average Bonchev–Trinajstić information content (AvgIpc) is 3.51.